The van der Waals surface area contributed by atoms with E-state index in [9.17, 15) is 9.59 Å². The summed E-state index contributed by atoms with van der Waals surface area (Å²) >= 11 is 0. The van der Waals surface area contributed by atoms with Crippen LogP contribution in [-0.2, 0) is 9.59 Å². The molecule has 0 aromatic rings. The smallest absolute Gasteiger partial charge is 0.217 e. The Labute approximate surface area is 111 Å². The van der Waals surface area contributed by atoms with Gasteiger partial charge in [-0.2, -0.15) is 0 Å². The number of primary amides is 1. The monoisotopic (exact) mass is 253 g/mol. The molecule has 0 aliphatic heterocycles. The lowest BCUT2D eigenvalue weighted by atomic mass is 9.88. The third-order valence-electron chi connectivity index (χ3n) is 3.92. The lowest BCUT2D eigenvalue weighted by Gasteiger charge is -2.16. The summed E-state index contributed by atoms with van der Waals surface area (Å²) in [5.41, 5.74) is 5.18. The van der Waals surface area contributed by atoms with E-state index in [-0.39, 0.29) is 11.8 Å². The Morgan fingerprint density at radius 1 is 1.00 bits per heavy atom. The first-order valence-corrected chi connectivity index (χ1v) is 7.51. The van der Waals surface area contributed by atoms with Crippen molar-refractivity contribution in [3.05, 3.63) is 0 Å². The Balaban J connectivity index is 2.41. The molecule has 3 nitrogen and oxygen atoms in total. The van der Waals surface area contributed by atoms with Crippen molar-refractivity contribution in [1.82, 2.24) is 0 Å². The third-order valence-corrected chi connectivity index (χ3v) is 3.92. The standard InChI is InChI=1S/C15H27NO2/c16-15(18)12-11-13-9-7-5-3-1-2-4-6-8-10-14(13)17/h13H,1-12H2,(H2,16,18). The first-order valence-electron chi connectivity index (χ1n) is 7.51. The topological polar surface area (TPSA) is 60.2 Å². The normalized spacial score (nSPS) is 24.0. The van der Waals surface area contributed by atoms with Gasteiger partial charge in [0.15, 0.2) is 0 Å². The number of carbonyl (C=O) groups excluding carboxylic acids is 2. The fourth-order valence-electron chi connectivity index (χ4n) is 2.74. The van der Waals surface area contributed by atoms with Crippen molar-refractivity contribution in [3.8, 4) is 0 Å². The van der Waals surface area contributed by atoms with Crippen molar-refractivity contribution in [2.45, 2.75) is 77.0 Å². The number of hydrogen-bond donors (Lipinski definition) is 1. The summed E-state index contributed by atoms with van der Waals surface area (Å²) in [5, 5.41) is 0. The van der Waals surface area contributed by atoms with Crippen LogP contribution in [0.25, 0.3) is 0 Å². The summed E-state index contributed by atoms with van der Waals surface area (Å²) in [6.07, 6.45) is 12.4. The maximum Gasteiger partial charge on any atom is 0.217 e. The minimum atomic E-state index is -0.283. The Hall–Kier alpha value is -0.860. The van der Waals surface area contributed by atoms with Crippen molar-refractivity contribution in [2.24, 2.45) is 11.7 Å². The van der Waals surface area contributed by atoms with Crippen LogP contribution < -0.4 is 5.73 Å². The van der Waals surface area contributed by atoms with Gasteiger partial charge in [0, 0.05) is 18.8 Å². The van der Waals surface area contributed by atoms with Crippen LogP contribution in [0.3, 0.4) is 0 Å². The minimum Gasteiger partial charge on any atom is -0.370 e. The molecule has 1 saturated carbocycles. The third kappa shape index (κ3) is 6.77. The number of ketones is 1. The van der Waals surface area contributed by atoms with Crippen LogP contribution in [0.5, 0.6) is 0 Å². The summed E-state index contributed by atoms with van der Waals surface area (Å²) < 4.78 is 0. The zero-order valence-corrected chi connectivity index (χ0v) is 11.5. The average molecular weight is 253 g/mol. The van der Waals surface area contributed by atoms with Gasteiger partial charge in [0.2, 0.25) is 5.91 Å². The molecule has 1 fully saturated rings. The highest BCUT2D eigenvalue weighted by atomic mass is 16.1. The molecule has 104 valence electrons. The van der Waals surface area contributed by atoms with Crippen LogP contribution in [-0.4, -0.2) is 11.7 Å². The van der Waals surface area contributed by atoms with E-state index in [0.29, 0.717) is 25.0 Å². The maximum atomic E-state index is 12.1. The molecule has 1 unspecified atom stereocenters. The van der Waals surface area contributed by atoms with Gasteiger partial charge < -0.3 is 5.73 Å². The van der Waals surface area contributed by atoms with Crippen LogP contribution in [0.1, 0.15) is 77.0 Å². The zero-order valence-electron chi connectivity index (χ0n) is 11.5. The largest absolute Gasteiger partial charge is 0.370 e. The van der Waals surface area contributed by atoms with Crippen molar-refractivity contribution in [3.63, 3.8) is 0 Å². The highest BCUT2D eigenvalue weighted by Crippen LogP contribution is 2.22. The lowest BCUT2D eigenvalue weighted by molar-refractivity contribution is -0.124. The molecule has 1 rings (SSSR count). The molecular formula is C15H27NO2. The summed E-state index contributed by atoms with van der Waals surface area (Å²) in [6.45, 7) is 0. The van der Waals surface area contributed by atoms with Crippen LogP contribution in [0.4, 0.5) is 0 Å². The lowest BCUT2D eigenvalue weighted by Crippen LogP contribution is -2.19. The molecule has 0 aromatic carbocycles. The van der Waals surface area contributed by atoms with Crippen LogP contribution >= 0.6 is 0 Å². The molecule has 1 aliphatic carbocycles. The predicted octanol–water partition coefficient (Wildman–Crippen LogP) is 3.35. The molecule has 0 saturated heterocycles. The van der Waals surface area contributed by atoms with Gasteiger partial charge in [-0.15, -0.1) is 0 Å². The van der Waals surface area contributed by atoms with E-state index >= 15 is 0 Å². The molecule has 1 aliphatic rings. The molecule has 1 atom stereocenters. The second-order valence-corrected chi connectivity index (χ2v) is 5.54. The second kappa shape index (κ2) is 9.12. The first-order chi connectivity index (χ1) is 8.70. The van der Waals surface area contributed by atoms with Gasteiger partial charge in [0.25, 0.3) is 0 Å². The van der Waals surface area contributed by atoms with E-state index in [1.54, 1.807) is 0 Å². The van der Waals surface area contributed by atoms with E-state index < -0.39 is 0 Å². The van der Waals surface area contributed by atoms with Gasteiger partial charge in [-0.25, -0.2) is 0 Å². The summed E-state index contributed by atoms with van der Waals surface area (Å²) in [7, 11) is 0. The Morgan fingerprint density at radius 3 is 2.17 bits per heavy atom. The molecule has 18 heavy (non-hydrogen) atoms. The molecule has 0 spiro atoms. The molecule has 3 heteroatoms. The van der Waals surface area contributed by atoms with Gasteiger partial charge in [0.05, 0.1) is 0 Å². The number of nitrogens with two attached hydrogens (primary N) is 1. The molecule has 0 radical (unpaired) electrons. The fourth-order valence-corrected chi connectivity index (χ4v) is 2.74. The van der Waals surface area contributed by atoms with Crippen molar-refractivity contribution >= 4 is 11.7 Å². The van der Waals surface area contributed by atoms with Crippen LogP contribution in [0.15, 0.2) is 0 Å². The van der Waals surface area contributed by atoms with E-state index in [1.807, 2.05) is 0 Å². The van der Waals surface area contributed by atoms with Gasteiger partial charge in [-0.3, -0.25) is 9.59 Å². The average Bonchev–Trinajstić information content (AvgIpc) is 2.32. The quantitative estimate of drug-likeness (QED) is 0.838. The molecule has 1 amide bonds. The number of amides is 1. The summed E-state index contributed by atoms with van der Waals surface area (Å²) in [5.74, 6) is 0.155. The van der Waals surface area contributed by atoms with Crippen LogP contribution in [0, 0.1) is 5.92 Å². The molecule has 0 bridgehead atoms. The summed E-state index contributed by atoms with van der Waals surface area (Å²) in [6, 6.07) is 0. The molecule has 0 aromatic heterocycles. The number of hydrogen-bond acceptors (Lipinski definition) is 2. The van der Waals surface area contributed by atoms with Gasteiger partial charge in [-0.1, -0.05) is 44.9 Å². The highest BCUT2D eigenvalue weighted by Gasteiger charge is 2.18. The second-order valence-electron chi connectivity index (χ2n) is 5.54. The SMILES string of the molecule is NC(=O)CCC1CCCCCCCCCCC1=O. The fraction of sp³-hybridized carbons (Fsp3) is 0.867. The highest BCUT2D eigenvalue weighted by molar-refractivity contribution is 5.82. The van der Waals surface area contributed by atoms with E-state index in [2.05, 4.69) is 0 Å². The number of Topliss-reactive ketones (excluding diaryl/α,β-unsaturated/α-hetero) is 1. The molecular weight excluding hydrogens is 226 g/mol. The minimum absolute atomic E-state index is 0.0805. The van der Waals surface area contributed by atoms with E-state index in [0.717, 1.165) is 19.3 Å². The van der Waals surface area contributed by atoms with Crippen molar-refractivity contribution in [2.75, 3.05) is 0 Å². The maximum absolute atomic E-state index is 12.1. The van der Waals surface area contributed by atoms with Crippen LogP contribution in [0.2, 0.25) is 0 Å². The Kier molecular flexibility index (Phi) is 7.70. The van der Waals surface area contributed by atoms with E-state index in [4.69, 9.17) is 5.73 Å². The van der Waals surface area contributed by atoms with Gasteiger partial charge >= 0.3 is 0 Å². The van der Waals surface area contributed by atoms with Gasteiger partial charge in [-0.05, 0) is 19.3 Å². The number of rotatable bonds is 3. The molecule has 0 heterocycles. The Morgan fingerprint density at radius 2 is 1.56 bits per heavy atom. The first kappa shape index (κ1) is 15.2. The Bertz CT molecular complexity index is 263. The van der Waals surface area contributed by atoms with Crippen molar-refractivity contribution < 1.29 is 9.59 Å². The molecule has 2 N–H and O–H groups in total. The summed E-state index contributed by atoms with van der Waals surface area (Å²) in [4.78, 5) is 22.9. The van der Waals surface area contributed by atoms with E-state index in [1.165, 1.54) is 38.5 Å². The zero-order chi connectivity index (χ0) is 13.2. The predicted molar refractivity (Wildman–Crippen MR) is 73.1 cm³/mol. The number of carbonyl (C=O) groups is 2. The van der Waals surface area contributed by atoms with Gasteiger partial charge in [0.1, 0.15) is 5.78 Å². The van der Waals surface area contributed by atoms with Crippen molar-refractivity contribution in [1.29, 1.82) is 0 Å².